The molecular weight excluding hydrogens is 378 g/mol. The third-order valence-electron chi connectivity index (χ3n) is 3.90. The summed E-state index contributed by atoms with van der Waals surface area (Å²) in [4.78, 5) is 20.9. The van der Waals surface area contributed by atoms with Gasteiger partial charge in [-0.25, -0.2) is 9.97 Å². The summed E-state index contributed by atoms with van der Waals surface area (Å²) in [6.45, 7) is 4.36. The molecule has 0 spiro atoms. The van der Waals surface area contributed by atoms with Crippen molar-refractivity contribution in [3.63, 3.8) is 0 Å². The van der Waals surface area contributed by atoms with Gasteiger partial charge in [0.15, 0.2) is 0 Å². The molecule has 1 atom stereocenters. The Morgan fingerprint density at radius 1 is 1.39 bits per heavy atom. The minimum absolute atomic E-state index is 0.341. The Morgan fingerprint density at radius 3 is 2.93 bits per heavy atom. The van der Waals surface area contributed by atoms with Crippen LogP contribution in [0, 0.1) is 11.3 Å². The van der Waals surface area contributed by atoms with Crippen molar-refractivity contribution in [2.45, 2.75) is 26.4 Å². The number of rotatable bonds is 6. The Balaban J connectivity index is 1.87. The first-order valence-electron chi connectivity index (χ1n) is 8.63. The number of anilines is 2. The Morgan fingerprint density at radius 2 is 2.21 bits per heavy atom. The van der Waals surface area contributed by atoms with Gasteiger partial charge in [0.05, 0.1) is 34.9 Å². The van der Waals surface area contributed by atoms with Crippen LogP contribution in [0.2, 0.25) is 5.02 Å². The number of hydrogen-bond donors (Lipinski definition) is 2. The van der Waals surface area contributed by atoms with E-state index >= 15 is 0 Å². The van der Waals surface area contributed by atoms with Crippen molar-refractivity contribution in [1.82, 2.24) is 25.1 Å². The van der Waals surface area contributed by atoms with E-state index in [-0.39, 0.29) is 5.91 Å². The third-order valence-corrected chi connectivity index (χ3v) is 4.17. The van der Waals surface area contributed by atoms with Gasteiger partial charge in [0, 0.05) is 23.9 Å². The molecule has 3 rings (SSSR count). The summed E-state index contributed by atoms with van der Waals surface area (Å²) in [5.41, 5.74) is 2.32. The molecule has 8 nitrogen and oxygen atoms in total. The minimum atomic E-state index is -0.585. The Bertz CT molecular complexity index is 1040. The Labute approximate surface area is 167 Å². The maximum Gasteiger partial charge on any atom is 0.252 e. The van der Waals surface area contributed by atoms with Crippen LogP contribution in [-0.2, 0) is 6.54 Å². The first-order valence-corrected chi connectivity index (χ1v) is 9.01. The van der Waals surface area contributed by atoms with E-state index in [0.29, 0.717) is 27.8 Å². The van der Waals surface area contributed by atoms with E-state index in [1.807, 2.05) is 19.2 Å². The van der Waals surface area contributed by atoms with Crippen molar-refractivity contribution < 1.29 is 4.79 Å². The van der Waals surface area contributed by atoms with Gasteiger partial charge in [-0.2, -0.15) is 10.4 Å². The summed E-state index contributed by atoms with van der Waals surface area (Å²) in [6, 6.07) is 8.26. The van der Waals surface area contributed by atoms with Crippen molar-refractivity contribution in [3.8, 4) is 17.3 Å². The maximum absolute atomic E-state index is 12.3. The molecule has 1 aromatic carbocycles. The molecular formula is C19H18ClN7O. The number of nitriles is 1. The molecule has 0 aliphatic rings. The number of hydrogen-bond acceptors (Lipinski definition) is 6. The SMILES string of the molecule is CCn1cc(Nc2ncc(Cl)c(-c3cccc(C(=O)NC(C)C#N)c3)n2)cn1. The molecule has 0 bridgehead atoms. The molecule has 0 aliphatic heterocycles. The van der Waals surface area contributed by atoms with Gasteiger partial charge in [0.1, 0.15) is 6.04 Å². The fourth-order valence-corrected chi connectivity index (χ4v) is 2.68. The van der Waals surface area contributed by atoms with Crippen LogP contribution in [0.25, 0.3) is 11.3 Å². The number of carbonyl (C=O) groups excluding carboxylic acids is 1. The van der Waals surface area contributed by atoms with E-state index in [9.17, 15) is 4.79 Å². The lowest BCUT2D eigenvalue weighted by Crippen LogP contribution is -2.31. The molecule has 2 heterocycles. The highest BCUT2D eigenvalue weighted by molar-refractivity contribution is 6.32. The van der Waals surface area contributed by atoms with Gasteiger partial charge in [0.25, 0.3) is 5.91 Å². The Kier molecular flexibility index (Phi) is 5.87. The van der Waals surface area contributed by atoms with Crippen molar-refractivity contribution in [2.24, 2.45) is 0 Å². The molecule has 28 heavy (non-hydrogen) atoms. The highest BCUT2D eigenvalue weighted by Crippen LogP contribution is 2.27. The fourth-order valence-electron chi connectivity index (χ4n) is 2.48. The third kappa shape index (κ3) is 4.45. The number of amides is 1. The average Bonchev–Trinajstić information content (AvgIpc) is 3.17. The van der Waals surface area contributed by atoms with Gasteiger partial charge >= 0.3 is 0 Å². The second kappa shape index (κ2) is 8.50. The van der Waals surface area contributed by atoms with Crippen LogP contribution in [-0.4, -0.2) is 31.7 Å². The molecule has 1 amide bonds. The molecule has 2 aromatic heterocycles. The standard InChI is InChI=1S/C19H18ClN7O/c1-3-27-11-15(9-23-27)25-19-22-10-16(20)17(26-19)13-5-4-6-14(7-13)18(28)24-12(2)8-21/h4-7,9-12H,3H2,1-2H3,(H,24,28)(H,22,25,26). The summed E-state index contributed by atoms with van der Waals surface area (Å²) < 4.78 is 1.78. The molecule has 3 aromatic rings. The first kappa shape index (κ1) is 19.3. The summed E-state index contributed by atoms with van der Waals surface area (Å²) in [7, 11) is 0. The van der Waals surface area contributed by atoms with Crippen molar-refractivity contribution >= 4 is 29.1 Å². The van der Waals surface area contributed by atoms with E-state index < -0.39 is 6.04 Å². The predicted molar refractivity (Wildman–Crippen MR) is 106 cm³/mol. The van der Waals surface area contributed by atoms with Gasteiger partial charge in [-0.1, -0.05) is 23.7 Å². The lowest BCUT2D eigenvalue weighted by atomic mass is 10.1. The Hall–Kier alpha value is -3.44. The number of nitrogens with one attached hydrogen (secondary N) is 2. The van der Waals surface area contributed by atoms with E-state index in [1.54, 1.807) is 42.1 Å². The summed E-state index contributed by atoms with van der Waals surface area (Å²) >= 11 is 6.29. The lowest BCUT2D eigenvalue weighted by Gasteiger charge is -2.10. The fraction of sp³-hybridized carbons (Fsp3) is 0.211. The summed E-state index contributed by atoms with van der Waals surface area (Å²) in [5, 5.41) is 19.1. The van der Waals surface area contributed by atoms with Crippen LogP contribution < -0.4 is 10.6 Å². The van der Waals surface area contributed by atoms with E-state index in [0.717, 1.165) is 12.2 Å². The van der Waals surface area contributed by atoms with E-state index in [4.69, 9.17) is 16.9 Å². The second-order valence-electron chi connectivity index (χ2n) is 6.00. The second-order valence-corrected chi connectivity index (χ2v) is 6.41. The van der Waals surface area contributed by atoms with Crippen molar-refractivity contribution in [3.05, 3.63) is 53.4 Å². The zero-order valence-corrected chi connectivity index (χ0v) is 16.1. The molecule has 0 fully saturated rings. The molecule has 0 saturated carbocycles. The number of aromatic nitrogens is 4. The quantitative estimate of drug-likeness (QED) is 0.662. The average molecular weight is 396 g/mol. The molecule has 0 saturated heterocycles. The topological polar surface area (TPSA) is 109 Å². The zero-order valence-electron chi connectivity index (χ0n) is 15.3. The van der Waals surface area contributed by atoms with Crippen LogP contribution in [0.5, 0.6) is 0 Å². The van der Waals surface area contributed by atoms with Crippen molar-refractivity contribution in [1.29, 1.82) is 5.26 Å². The number of benzene rings is 1. The number of halogens is 1. The normalized spacial score (nSPS) is 11.5. The van der Waals surface area contributed by atoms with Gasteiger partial charge < -0.3 is 10.6 Å². The van der Waals surface area contributed by atoms with Crippen LogP contribution in [0.15, 0.2) is 42.9 Å². The van der Waals surface area contributed by atoms with E-state index in [1.165, 1.54) is 6.20 Å². The van der Waals surface area contributed by atoms with Crippen LogP contribution in [0.1, 0.15) is 24.2 Å². The minimum Gasteiger partial charge on any atom is -0.337 e. The summed E-state index contributed by atoms with van der Waals surface area (Å²) in [5.74, 6) is 0.0226. The molecule has 9 heteroatoms. The highest BCUT2D eigenvalue weighted by Gasteiger charge is 2.13. The van der Waals surface area contributed by atoms with Crippen LogP contribution in [0.3, 0.4) is 0 Å². The monoisotopic (exact) mass is 395 g/mol. The zero-order chi connectivity index (χ0) is 20.1. The largest absolute Gasteiger partial charge is 0.337 e. The lowest BCUT2D eigenvalue weighted by molar-refractivity contribution is 0.0948. The number of aryl methyl sites for hydroxylation is 1. The maximum atomic E-state index is 12.3. The molecule has 1 unspecified atom stereocenters. The number of nitrogens with zero attached hydrogens (tertiary/aromatic N) is 5. The molecule has 2 N–H and O–H groups in total. The van der Waals surface area contributed by atoms with Gasteiger partial charge in [0.2, 0.25) is 5.95 Å². The van der Waals surface area contributed by atoms with Gasteiger partial charge in [-0.3, -0.25) is 9.48 Å². The molecule has 0 radical (unpaired) electrons. The predicted octanol–water partition coefficient (Wildman–Crippen LogP) is 3.40. The van der Waals surface area contributed by atoms with Crippen LogP contribution >= 0.6 is 11.6 Å². The van der Waals surface area contributed by atoms with Crippen LogP contribution in [0.4, 0.5) is 11.6 Å². The van der Waals surface area contributed by atoms with Crippen molar-refractivity contribution in [2.75, 3.05) is 5.32 Å². The van der Waals surface area contributed by atoms with Gasteiger partial charge in [-0.05, 0) is 26.0 Å². The van der Waals surface area contributed by atoms with Gasteiger partial charge in [-0.15, -0.1) is 0 Å². The van der Waals surface area contributed by atoms with E-state index in [2.05, 4.69) is 25.7 Å². The summed E-state index contributed by atoms with van der Waals surface area (Å²) in [6.07, 6.45) is 5.03. The smallest absolute Gasteiger partial charge is 0.252 e. The number of carbonyl (C=O) groups is 1. The first-order chi connectivity index (χ1) is 13.5. The molecule has 142 valence electrons. The highest BCUT2D eigenvalue weighted by atomic mass is 35.5. The molecule has 0 aliphatic carbocycles.